The molecule has 0 saturated carbocycles. The molecule has 4 heteroatoms. The van der Waals surface area contributed by atoms with E-state index in [-0.39, 0.29) is 0 Å². The fraction of sp³-hybridized carbons (Fsp3) is 0.692. The summed E-state index contributed by atoms with van der Waals surface area (Å²) in [7, 11) is 1.93. The summed E-state index contributed by atoms with van der Waals surface area (Å²) in [4.78, 5) is 2.36. The van der Waals surface area contributed by atoms with Crippen LogP contribution in [0.25, 0.3) is 0 Å². The fourth-order valence-electron chi connectivity index (χ4n) is 2.85. The quantitative estimate of drug-likeness (QED) is 0.785. The van der Waals surface area contributed by atoms with Gasteiger partial charge in [-0.2, -0.15) is 10.4 Å². The Balaban J connectivity index is 2.43. The molecule has 0 N–H and O–H groups in total. The molecule has 92 valence electrons. The number of hydrogen-bond acceptors (Lipinski definition) is 3. The highest BCUT2D eigenvalue weighted by Gasteiger charge is 2.31. The highest BCUT2D eigenvalue weighted by atomic mass is 15.4. The molecule has 0 aromatic carbocycles. The summed E-state index contributed by atoms with van der Waals surface area (Å²) in [6.07, 6.45) is 2.42. The van der Waals surface area contributed by atoms with E-state index in [1.165, 1.54) is 12.8 Å². The van der Waals surface area contributed by atoms with E-state index in [1.807, 2.05) is 18.7 Å². The lowest BCUT2D eigenvalue weighted by atomic mass is 10.0. The van der Waals surface area contributed by atoms with Gasteiger partial charge in [0.15, 0.2) is 0 Å². The molecule has 1 aliphatic heterocycles. The van der Waals surface area contributed by atoms with Crippen LogP contribution in [0.2, 0.25) is 0 Å². The minimum atomic E-state index is 0.539. The monoisotopic (exact) mass is 232 g/mol. The summed E-state index contributed by atoms with van der Waals surface area (Å²) in [5.41, 5.74) is 1.57. The number of hydrogen-bond donors (Lipinski definition) is 0. The molecular formula is C13H20N4. The Morgan fingerprint density at radius 2 is 2.18 bits per heavy atom. The minimum Gasteiger partial charge on any atom is -0.352 e. The van der Waals surface area contributed by atoms with Crippen molar-refractivity contribution in [2.24, 2.45) is 13.0 Å². The van der Waals surface area contributed by atoms with Crippen LogP contribution in [0.15, 0.2) is 0 Å². The number of anilines is 1. The molecule has 1 aromatic rings. The summed E-state index contributed by atoms with van der Waals surface area (Å²) in [6, 6.07) is 2.83. The molecule has 0 amide bonds. The maximum absolute atomic E-state index is 9.27. The van der Waals surface area contributed by atoms with Crippen LogP contribution in [-0.4, -0.2) is 22.4 Å². The Morgan fingerprint density at radius 1 is 1.47 bits per heavy atom. The van der Waals surface area contributed by atoms with E-state index in [2.05, 4.69) is 29.9 Å². The van der Waals surface area contributed by atoms with Gasteiger partial charge in [-0.05, 0) is 25.7 Å². The summed E-state index contributed by atoms with van der Waals surface area (Å²) in [5, 5.41) is 13.6. The van der Waals surface area contributed by atoms with Crippen LogP contribution in [0.3, 0.4) is 0 Å². The normalized spacial score (nSPS) is 20.0. The fourth-order valence-corrected chi connectivity index (χ4v) is 2.85. The molecule has 1 aromatic heterocycles. The number of nitriles is 1. The van der Waals surface area contributed by atoms with Gasteiger partial charge in [-0.15, -0.1) is 0 Å². The Bertz CT molecular complexity index is 453. The highest BCUT2D eigenvalue weighted by Crippen LogP contribution is 2.32. The van der Waals surface area contributed by atoms with E-state index in [0.29, 0.717) is 12.0 Å². The van der Waals surface area contributed by atoms with Crippen LogP contribution in [0.1, 0.15) is 37.9 Å². The van der Waals surface area contributed by atoms with E-state index in [9.17, 15) is 5.26 Å². The van der Waals surface area contributed by atoms with Gasteiger partial charge in [0.2, 0.25) is 0 Å². The topological polar surface area (TPSA) is 44.9 Å². The standard InChI is InChI=1S/C13H20N4/c1-9(2)12-6-5-7-17(12)13-11(8-14)10(3)15-16(13)4/h9,12H,5-7H2,1-4H3. The third-order valence-electron chi connectivity index (χ3n) is 3.64. The van der Waals surface area contributed by atoms with E-state index >= 15 is 0 Å². The van der Waals surface area contributed by atoms with Crippen molar-refractivity contribution in [3.8, 4) is 6.07 Å². The van der Waals surface area contributed by atoms with Gasteiger partial charge in [0.25, 0.3) is 0 Å². The van der Waals surface area contributed by atoms with Crippen LogP contribution in [0.4, 0.5) is 5.82 Å². The van der Waals surface area contributed by atoms with Gasteiger partial charge >= 0.3 is 0 Å². The van der Waals surface area contributed by atoms with E-state index < -0.39 is 0 Å². The minimum absolute atomic E-state index is 0.539. The van der Waals surface area contributed by atoms with Crippen molar-refractivity contribution in [1.82, 2.24) is 9.78 Å². The second-order valence-electron chi connectivity index (χ2n) is 5.17. The Hall–Kier alpha value is -1.50. The Labute approximate surface area is 103 Å². The van der Waals surface area contributed by atoms with Gasteiger partial charge in [-0.3, -0.25) is 4.68 Å². The first-order chi connectivity index (χ1) is 8.06. The zero-order valence-electron chi connectivity index (χ0n) is 11.1. The molecule has 0 bridgehead atoms. The second-order valence-corrected chi connectivity index (χ2v) is 5.17. The zero-order valence-corrected chi connectivity index (χ0v) is 11.1. The van der Waals surface area contributed by atoms with Crippen molar-refractivity contribution in [3.05, 3.63) is 11.3 Å². The van der Waals surface area contributed by atoms with Gasteiger partial charge in [0.05, 0.1) is 5.69 Å². The second kappa shape index (κ2) is 4.40. The summed E-state index contributed by atoms with van der Waals surface area (Å²) >= 11 is 0. The third-order valence-corrected chi connectivity index (χ3v) is 3.64. The van der Waals surface area contributed by atoms with Crippen molar-refractivity contribution in [2.75, 3.05) is 11.4 Å². The lowest BCUT2D eigenvalue weighted by molar-refractivity contribution is 0.484. The zero-order chi connectivity index (χ0) is 12.6. The molecule has 1 unspecified atom stereocenters. The van der Waals surface area contributed by atoms with Gasteiger partial charge in [0.1, 0.15) is 17.5 Å². The first-order valence-corrected chi connectivity index (χ1v) is 6.26. The number of rotatable bonds is 2. The molecule has 2 rings (SSSR count). The first-order valence-electron chi connectivity index (χ1n) is 6.26. The Morgan fingerprint density at radius 3 is 2.76 bits per heavy atom. The van der Waals surface area contributed by atoms with Crippen molar-refractivity contribution < 1.29 is 0 Å². The van der Waals surface area contributed by atoms with E-state index in [0.717, 1.165) is 23.6 Å². The first kappa shape index (κ1) is 12.0. The smallest absolute Gasteiger partial charge is 0.145 e. The molecule has 17 heavy (non-hydrogen) atoms. The maximum atomic E-state index is 9.27. The van der Waals surface area contributed by atoms with Gasteiger partial charge in [-0.1, -0.05) is 13.8 Å². The molecule has 0 radical (unpaired) electrons. The Kier molecular flexibility index (Phi) is 3.10. The van der Waals surface area contributed by atoms with Crippen LogP contribution in [0.5, 0.6) is 0 Å². The van der Waals surface area contributed by atoms with Crippen LogP contribution < -0.4 is 4.90 Å². The van der Waals surface area contributed by atoms with Crippen LogP contribution >= 0.6 is 0 Å². The largest absolute Gasteiger partial charge is 0.352 e. The molecule has 0 aliphatic carbocycles. The molecule has 2 heterocycles. The molecule has 1 fully saturated rings. The SMILES string of the molecule is Cc1nn(C)c(N2CCCC2C(C)C)c1C#N. The maximum Gasteiger partial charge on any atom is 0.145 e. The molecule has 1 atom stereocenters. The predicted octanol–water partition coefficient (Wildman–Crippen LogP) is 2.22. The van der Waals surface area contributed by atoms with Crippen molar-refractivity contribution in [2.45, 2.75) is 39.7 Å². The molecule has 4 nitrogen and oxygen atoms in total. The van der Waals surface area contributed by atoms with Crippen molar-refractivity contribution in [1.29, 1.82) is 5.26 Å². The van der Waals surface area contributed by atoms with Gasteiger partial charge in [0, 0.05) is 19.6 Å². The number of nitrogens with zero attached hydrogens (tertiary/aromatic N) is 4. The summed E-state index contributed by atoms with van der Waals surface area (Å²) in [6.45, 7) is 7.44. The van der Waals surface area contributed by atoms with E-state index in [4.69, 9.17) is 0 Å². The summed E-state index contributed by atoms with van der Waals surface area (Å²) < 4.78 is 1.86. The third kappa shape index (κ3) is 1.90. The molecular weight excluding hydrogens is 212 g/mol. The average molecular weight is 232 g/mol. The van der Waals surface area contributed by atoms with Crippen LogP contribution in [-0.2, 0) is 7.05 Å². The van der Waals surface area contributed by atoms with Crippen molar-refractivity contribution in [3.63, 3.8) is 0 Å². The molecule has 1 aliphatic rings. The number of aryl methyl sites for hydroxylation is 2. The lowest BCUT2D eigenvalue weighted by Gasteiger charge is -2.29. The summed E-state index contributed by atoms with van der Waals surface area (Å²) in [5.74, 6) is 1.61. The predicted molar refractivity (Wildman–Crippen MR) is 67.9 cm³/mol. The van der Waals surface area contributed by atoms with Crippen molar-refractivity contribution >= 4 is 5.82 Å². The molecule has 1 saturated heterocycles. The van der Waals surface area contributed by atoms with Crippen LogP contribution in [0, 0.1) is 24.2 Å². The van der Waals surface area contributed by atoms with Gasteiger partial charge < -0.3 is 4.90 Å². The molecule has 0 spiro atoms. The highest BCUT2D eigenvalue weighted by molar-refractivity contribution is 5.58. The van der Waals surface area contributed by atoms with Gasteiger partial charge in [-0.25, -0.2) is 0 Å². The average Bonchev–Trinajstić information content (AvgIpc) is 2.81. The lowest BCUT2D eigenvalue weighted by Crippen LogP contribution is -2.35. The van der Waals surface area contributed by atoms with E-state index in [1.54, 1.807) is 0 Å². The number of aromatic nitrogens is 2.